The lowest BCUT2D eigenvalue weighted by Crippen LogP contribution is -2.26. The van der Waals surface area contributed by atoms with Crippen LogP contribution in [0.2, 0.25) is 0 Å². The van der Waals surface area contributed by atoms with Crippen molar-refractivity contribution in [2.24, 2.45) is 0 Å². The predicted molar refractivity (Wildman–Crippen MR) is 60.3 cm³/mol. The van der Waals surface area contributed by atoms with Crippen LogP contribution >= 0.6 is 11.8 Å². The van der Waals surface area contributed by atoms with Crippen molar-refractivity contribution in [2.45, 2.75) is 30.1 Å². The van der Waals surface area contributed by atoms with Gasteiger partial charge in [-0.2, -0.15) is 5.26 Å². The van der Waals surface area contributed by atoms with Crippen molar-refractivity contribution >= 4 is 11.8 Å². The van der Waals surface area contributed by atoms with Crippen molar-refractivity contribution in [2.75, 3.05) is 12.8 Å². The fourth-order valence-electron chi connectivity index (χ4n) is 1.39. The van der Waals surface area contributed by atoms with E-state index < -0.39 is 0 Å². The lowest BCUT2D eigenvalue weighted by molar-refractivity contribution is 0.641. The summed E-state index contributed by atoms with van der Waals surface area (Å²) in [6.07, 6.45) is 2.08. The average molecular weight is 239 g/mol. The smallest absolute Gasteiger partial charge is 0.304 e. The lowest BCUT2D eigenvalue weighted by atomic mass is 10.4. The van der Waals surface area contributed by atoms with Gasteiger partial charge in [-0.1, -0.05) is 11.8 Å². The molecule has 0 saturated heterocycles. The van der Waals surface area contributed by atoms with Gasteiger partial charge in [0.25, 0.3) is 0 Å². The molecule has 1 aromatic heterocycles. The highest BCUT2D eigenvalue weighted by Crippen LogP contribution is 2.35. The molecular weight excluding hydrogens is 226 g/mol. The van der Waals surface area contributed by atoms with E-state index in [1.165, 1.54) is 11.8 Å². The zero-order valence-electron chi connectivity index (χ0n) is 8.93. The van der Waals surface area contributed by atoms with E-state index in [-0.39, 0.29) is 11.7 Å². The molecule has 1 heterocycles. The van der Waals surface area contributed by atoms with Gasteiger partial charge in [0.1, 0.15) is 6.04 Å². The van der Waals surface area contributed by atoms with Gasteiger partial charge in [0.2, 0.25) is 0 Å². The van der Waals surface area contributed by atoms with Gasteiger partial charge in [-0.15, -0.1) is 5.10 Å². The van der Waals surface area contributed by atoms with Gasteiger partial charge in [-0.3, -0.25) is 4.57 Å². The van der Waals surface area contributed by atoms with Gasteiger partial charge in [-0.25, -0.2) is 9.89 Å². The number of nitrogens with one attached hydrogen (secondary N) is 2. The van der Waals surface area contributed by atoms with Gasteiger partial charge in [0.15, 0.2) is 5.16 Å². The van der Waals surface area contributed by atoms with Crippen LogP contribution in [0.1, 0.15) is 18.9 Å². The maximum Gasteiger partial charge on any atom is 0.344 e. The molecule has 1 aliphatic carbocycles. The molecule has 2 N–H and O–H groups in total. The summed E-state index contributed by atoms with van der Waals surface area (Å²) < 4.78 is 1.69. The van der Waals surface area contributed by atoms with Crippen molar-refractivity contribution in [3.63, 3.8) is 0 Å². The Morgan fingerprint density at radius 1 is 1.81 bits per heavy atom. The number of nitriles is 1. The Kier molecular flexibility index (Phi) is 3.31. The molecule has 1 unspecified atom stereocenters. The number of thioether (sulfide) groups is 1. The number of hydrogen-bond donors (Lipinski definition) is 2. The summed E-state index contributed by atoms with van der Waals surface area (Å²) >= 11 is 1.43. The van der Waals surface area contributed by atoms with E-state index in [1.807, 2.05) is 0 Å². The first kappa shape index (κ1) is 11.2. The van der Waals surface area contributed by atoms with Gasteiger partial charge >= 0.3 is 5.69 Å². The Balaban J connectivity index is 2.04. The first-order valence-corrected chi connectivity index (χ1v) is 6.11. The molecule has 1 fully saturated rings. The molecule has 86 valence electrons. The quantitative estimate of drug-likeness (QED) is 0.712. The Bertz CT molecular complexity index is 455. The summed E-state index contributed by atoms with van der Waals surface area (Å²) in [6.45, 7) is 0. The van der Waals surface area contributed by atoms with Crippen LogP contribution in [0.15, 0.2) is 9.95 Å². The van der Waals surface area contributed by atoms with Crippen LogP contribution in [-0.4, -0.2) is 33.6 Å². The summed E-state index contributed by atoms with van der Waals surface area (Å²) in [5, 5.41) is 18.8. The topological polar surface area (TPSA) is 86.5 Å². The van der Waals surface area contributed by atoms with Gasteiger partial charge in [0, 0.05) is 11.8 Å². The standard InChI is InChI=1S/C9H13N5OS/c1-11-6(4-10)5-16-9-13-12-8(15)14(9)7-2-3-7/h6-7,11H,2-3,5H2,1H3,(H,12,15). The summed E-state index contributed by atoms with van der Waals surface area (Å²) in [5.41, 5.74) is -0.150. The van der Waals surface area contributed by atoms with Crippen molar-refractivity contribution in [1.29, 1.82) is 5.26 Å². The van der Waals surface area contributed by atoms with Crippen LogP contribution in [0.25, 0.3) is 0 Å². The minimum absolute atomic E-state index is 0.150. The van der Waals surface area contributed by atoms with E-state index in [2.05, 4.69) is 21.6 Å². The third-order valence-electron chi connectivity index (χ3n) is 2.47. The molecule has 0 aliphatic heterocycles. The second kappa shape index (κ2) is 4.72. The van der Waals surface area contributed by atoms with Gasteiger partial charge in [-0.05, 0) is 19.9 Å². The monoisotopic (exact) mass is 239 g/mol. The van der Waals surface area contributed by atoms with Gasteiger partial charge in [0.05, 0.1) is 6.07 Å². The molecule has 2 rings (SSSR count). The zero-order valence-corrected chi connectivity index (χ0v) is 9.75. The number of aromatic nitrogens is 3. The minimum atomic E-state index is -0.218. The maximum atomic E-state index is 11.5. The third kappa shape index (κ3) is 2.28. The van der Waals surface area contributed by atoms with Gasteiger partial charge < -0.3 is 5.32 Å². The first-order chi connectivity index (χ1) is 7.76. The largest absolute Gasteiger partial charge is 0.344 e. The van der Waals surface area contributed by atoms with E-state index >= 15 is 0 Å². The molecule has 16 heavy (non-hydrogen) atoms. The minimum Gasteiger partial charge on any atom is -0.304 e. The average Bonchev–Trinajstić information content (AvgIpc) is 3.05. The van der Waals surface area contributed by atoms with Crippen molar-refractivity contribution in [3.8, 4) is 6.07 Å². The second-order valence-electron chi connectivity index (χ2n) is 3.69. The summed E-state index contributed by atoms with van der Waals surface area (Å²) in [5.74, 6) is 0.587. The van der Waals surface area contributed by atoms with Crippen LogP contribution in [0, 0.1) is 11.3 Å². The molecule has 0 amide bonds. The fraction of sp³-hybridized carbons (Fsp3) is 0.667. The SMILES string of the molecule is CNC(C#N)CSc1n[nH]c(=O)n1C1CC1. The van der Waals surface area contributed by atoms with E-state index in [1.54, 1.807) is 11.6 Å². The number of hydrogen-bond acceptors (Lipinski definition) is 5. The Labute approximate surface area is 97.0 Å². The number of H-pyrrole nitrogens is 1. The van der Waals surface area contributed by atoms with Crippen LogP contribution in [0.4, 0.5) is 0 Å². The highest BCUT2D eigenvalue weighted by atomic mass is 32.2. The van der Waals surface area contributed by atoms with Crippen LogP contribution in [0.3, 0.4) is 0 Å². The molecule has 0 spiro atoms. The molecule has 0 aromatic carbocycles. The third-order valence-corrected chi connectivity index (χ3v) is 3.51. The number of aromatic amines is 1. The molecule has 0 bridgehead atoms. The van der Waals surface area contributed by atoms with Crippen LogP contribution in [-0.2, 0) is 0 Å². The number of nitrogens with zero attached hydrogens (tertiary/aromatic N) is 3. The summed E-state index contributed by atoms with van der Waals surface area (Å²) in [6, 6.07) is 2.23. The second-order valence-corrected chi connectivity index (χ2v) is 4.68. The molecule has 7 heteroatoms. The molecule has 1 atom stereocenters. The van der Waals surface area contributed by atoms with E-state index in [4.69, 9.17) is 5.26 Å². The van der Waals surface area contributed by atoms with E-state index in [9.17, 15) is 4.79 Å². The highest BCUT2D eigenvalue weighted by Gasteiger charge is 2.28. The molecule has 1 aliphatic rings. The lowest BCUT2D eigenvalue weighted by Gasteiger charge is -2.06. The van der Waals surface area contributed by atoms with E-state index in [0.717, 1.165) is 12.8 Å². The van der Waals surface area contributed by atoms with Crippen molar-refractivity contribution < 1.29 is 0 Å². The summed E-state index contributed by atoms with van der Waals surface area (Å²) in [4.78, 5) is 11.5. The molecule has 0 radical (unpaired) electrons. The summed E-state index contributed by atoms with van der Waals surface area (Å²) in [7, 11) is 1.74. The van der Waals surface area contributed by atoms with Crippen LogP contribution in [0.5, 0.6) is 0 Å². The zero-order chi connectivity index (χ0) is 11.5. The Hall–Kier alpha value is -1.26. The Morgan fingerprint density at radius 2 is 2.56 bits per heavy atom. The van der Waals surface area contributed by atoms with E-state index in [0.29, 0.717) is 17.0 Å². The molecule has 1 saturated carbocycles. The van der Waals surface area contributed by atoms with Crippen molar-refractivity contribution in [3.05, 3.63) is 10.5 Å². The highest BCUT2D eigenvalue weighted by molar-refractivity contribution is 7.99. The molecular formula is C9H13N5OS. The predicted octanol–water partition coefficient (Wildman–Crippen LogP) is 0.110. The maximum absolute atomic E-state index is 11.5. The normalized spacial score (nSPS) is 17.0. The molecule has 1 aromatic rings. The molecule has 6 nitrogen and oxygen atoms in total. The van der Waals surface area contributed by atoms with Crippen molar-refractivity contribution in [1.82, 2.24) is 20.1 Å². The Morgan fingerprint density at radius 3 is 3.12 bits per heavy atom. The van der Waals surface area contributed by atoms with Crippen LogP contribution < -0.4 is 11.0 Å². The number of rotatable bonds is 5. The fourth-order valence-corrected chi connectivity index (χ4v) is 2.43. The first-order valence-electron chi connectivity index (χ1n) is 5.13.